The van der Waals surface area contributed by atoms with E-state index in [0.717, 1.165) is 42.8 Å². The molecular weight excluding hydrogens is 450 g/mol. The van der Waals surface area contributed by atoms with Crippen molar-refractivity contribution in [2.24, 2.45) is 0 Å². The van der Waals surface area contributed by atoms with E-state index in [0.29, 0.717) is 16.3 Å². The Hall–Kier alpha value is -2.37. The Morgan fingerprint density at radius 2 is 1.91 bits per heavy atom. The van der Waals surface area contributed by atoms with Crippen LogP contribution in [0, 0.1) is 12.7 Å². The van der Waals surface area contributed by atoms with Gasteiger partial charge in [0, 0.05) is 16.5 Å². The van der Waals surface area contributed by atoms with Gasteiger partial charge >= 0.3 is 5.97 Å². The molecule has 0 radical (unpaired) electrons. The van der Waals surface area contributed by atoms with Gasteiger partial charge in [0.15, 0.2) is 5.69 Å². The summed E-state index contributed by atoms with van der Waals surface area (Å²) < 4.78 is 21.3. The number of halogens is 3. The first kappa shape index (κ1) is 22.8. The van der Waals surface area contributed by atoms with Crippen LogP contribution in [0.15, 0.2) is 36.4 Å². The molecular formula is C25H25Cl2FN2O2. The number of esters is 1. The summed E-state index contributed by atoms with van der Waals surface area (Å²) >= 11 is 12.5. The normalized spacial score (nSPS) is 14.5. The zero-order valence-corrected chi connectivity index (χ0v) is 19.6. The molecule has 1 aromatic heterocycles. The smallest absolute Gasteiger partial charge is 0.359 e. The number of hydrogen-bond donors (Lipinski definition) is 0. The maximum atomic E-state index is 14.0. The van der Waals surface area contributed by atoms with Gasteiger partial charge in [0.2, 0.25) is 0 Å². The van der Waals surface area contributed by atoms with Gasteiger partial charge in [-0.1, -0.05) is 48.5 Å². The SMILES string of the molecule is CCOC(=O)c1nc(C2CCCCC2)n(-c2cc(Cl)ccc2C)c1-c1ccc(F)c(Cl)c1. The number of hydrogen-bond acceptors (Lipinski definition) is 3. The highest BCUT2D eigenvalue weighted by Crippen LogP contribution is 2.39. The summed E-state index contributed by atoms with van der Waals surface area (Å²) in [6.45, 7) is 3.97. The van der Waals surface area contributed by atoms with Gasteiger partial charge in [-0.05, 0) is 62.6 Å². The molecule has 1 aliphatic rings. The van der Waals surface area contributed by atoms with Crippen LogP contribution in [-0.2, 0) is 4.74 Å². The first-order chi connectivity index (χ1) is 15.4. The lowest BCUT2D eigenvalue weighted by atomic mass is 9.88. The lowest BCUT2D eigenvalue weighted by molar-refractivity contribution is 0.0521. The number of nitrogens with zero attached hydrogens (tertiary/aromatic N) is 2. The molecule has 1 aliphatic carbocycles. The summed E-state index contributed by atoms with van der Waals surface area (Å²) in [5, 5.41) is 0.557. The van der Waals surface area contributed by atoms with Crippen LogP contribution in [0.1, 0.15) is 66.8 Å². The minimum atomic E-state index is -0.523. The average molecular weight is 475 g/mol. The van der Waals surface area contributed by atoms with Gasteiger partial charge in [-0.15, -0.1) is 0 Å². The number of ether oxygens (including phenoxy) is 1. The molecule has 7 heteroatoms. The number of benzene rings is 2. The van der Waals surface area contributed by atoms with Crippen molar-refractivity contribution in [1.82, 2.24) is 9.55 Å². The van der Waals surface area contributed by atoms with Crippen LogP contribution < -0.4 is 0 Å². The van der Waals surface area contributed by atoms with E-state index in [9.17, 15) is 9.18 Å². The van der Waals surface area contributed by atoms with Gasteiger partial charge < -0.3 is 4.74 Å². The van der Waals surface area contributed by atoms with Crippen molar-refractivity contribution in [3.8, 4) is 16.9 Å². The summed E-state index contributed by atoms with van der Waals surface area (Å²) in [4.78, 5) is 17.8. The molecule has 0 atom stereocenters. The highest BCUT2D eigenvalue weighted by Gasteiger charge is 2.31. The molecule has 4 rings (SSSR count). The van der Waals surface area contributed by atoms with Crippen LogP contribution in [0.3, 0.4) is 0 Å². The average Bonchev–Trinajstić information content (AvgIpc) is 3.18. The van der Waals surface area contributed by atoms with Crippen molar-refractivity contribution in [2.45, 2.75) is 51.9 Å². The molecule has 1 fully saturated rings. The van der Waals surface area contributed by atoms with Gasteiger partial charge in [0.05, 0.1) is 23.0 Å². The Morgan fingerprint density at radius 1 is 1.16 bits per heavy atom. The van der Waals surface area contributed by atoms with Crippen LogP contribution in [0.5, 0.6) is 0 Å². The van der Waals surface area contributed by atoms with Crippen molar-refractivity contribution in [2.75, 3.05) is 6.61 Å². The fourth-order valence-corrected chi connectivity index (χ4v) is 4.74. The van der Waals surface area contributed by atoms with Crippen molar-refractivity contribution in [3.05, 3.63) is 69.3 Å². The summed E-state index contributed by atoms with van der Waals surface area (Å²) in [5.41, 5.74) is 3.14. The third-order valence-corrected chi connectivity index (χ3v) is 6.47. The molecule has 1 heterocycles. The predicted molar refractivity (Wildman–Crippen MR) is 125 cm³/mol. The highest BCUT2D eigenvalue weighted by molar-refractivity contribution is 6.31. The highest BCUT2D eigenvalue weighted by atomic mass is 35.5. The largest absolute Gasteiger partial charge is 0.461 e. The third kappa shape index (κ3) is 4.41. The zero-order valence-electron chi connectivity index (χ0n) is 18.1. The Balaban J connectivity index is 2.05. The van der Waals surface area contributed by atoms with E-state index in [1.54, 1.807) is 13.0 Å². The molecule has 0 spiro atoms. The monoisotopic (exact) mass is 474 g/mol. The third-order valence-electron chi connectivity index (χ3n) is 5.95. The maximum Gasteiger partial charge on any atom is 0.359 e. The van der Waals surface area contributed by atoms with Crippen LogP contribution in [-0.4, -0.2) is 22.1 Å². The Labute approximate surface area is 197 Å². The van der Waals surface area contributed by atoms with Gasteiger partial charge in [0.25, 0.3) is 0 Å². The summed E-state index contributed by atoms with van der Waals surface area (Å²) in [6.07, 6.45) is 5.39. The summed E-state index contributed by atoms with van der Waals surface area (Å²) in [6, 6.07) is 10.1. The van der Waals surface area contributed by atoms with Crippen LogP contribution in [0.2, 0.25) is 10.0 Å². The van der Waals surface area contributed by atoms with Crippen molar-refractivity contribution in [3.63, 3.8) is 0 Å². The van der Waals surface area contributed by atoms with E-state index in [1.807, 2.05) is 29.7 Å². The lowest BCUT2D eigenvalue weighted by Gasteiger charge is -2.24. The Kier molecular flexibility index (Phi) is 6.87. The summed E-state index contributed by atoms with van der Waals surface area (Å²) in [5.74, 6) is -0.0439. The molecule has 0 aliphatic heterocycles. The second kappa shape index (κ2) is 9.63. The topological polar surface area (TPSA) is 44.1 Å². The number of carbonyl (C=O) groups excluding carboxylic acids is 1. The zero-order chi connectivity index (χ0) is 22.8. The molecule has 32 heavy (non-hydrogen) atoms. The first-order valence-electron chi connectivity index (χ1n) is 10.9. The molecule has 2 aromatic carbocycles. The molecule has 0 amide bonds. The molecule has 0 unspecified atom stereocenters. The Morgan fingerprint density at radius 3 is 2.59 bits per heavy atom. The van der Waals surface area contributed by atoms with Crippen molar-refractivity contribution < 1.29 is 13.9 Å². The van der Waals surface area contributed by atoms with E-state index in [2.05, 4.69) is 0 Å². The molecule has 0 N–H and O–H groups in total. The van der Waals surface area contributed by atoms with Crippen LogP contribution >= 0.6 is 23.2 Å². The number of carbonyl (C=O) groups is 1. The van der Waals surface area contributed by atoms with Crippen molar-refractivity contribution in [1.29, 1.82) is 0 Å². The standard InChI is InChI=1S/C25H25Cl2FN2O2/c1-3-32-25(31)22-23(17-10-12-20(28)19(27)13-17)30(21-14-18(26)11-9-15(21)2)24(29-22)16-7-5-4-6-8-16/h9-14,16H,3-8H2,1-2H3. The lowest BCUT2D eigenvalue weighted by Crippen LogP contribution is -2.12. The quantitative estimate of drug-likeness (QED) is 0.359. The van der Waals surface area contributed by atoms with E-state index in [-0.39, 0.29) is 23.2 Å². The number of aryl methyl sites for hydroxylation is 1. The van der Waals surface area contributed by atoms with E-state index >= 15 is 0 Å². The van der Waals surface area contributed by atoms with E-state index in [1.165, 1.54) is 18.6 Å². The molecule has 1 saturated carbocycles. The Bertz CT molecular complexity index is 1150. The predicted octanol–water partition coefficient (Wildman–Crippen LogP) is 7.52. The number of aromatic nitrogens is 2. The van der Waals surface area contributed by atoms with E-state index < -0.39 is 11.8 Å². The van der Waals surface area contributed by atoms with Crippen LogP contribution in [0.25, 0.3) is 16.9 Å². The van der Waals surface area contributed by atoms with Gasteiger partial charge in [-0.3, -0.25) is 4.57 Å². The fraction of sp³-hybridized carbons (Fsp3) is 0.360. The van der Waals surface area contributed by atoms with Gasteiger partial charge in [-0.2, -0.15) is 0 Å². The van der Waals surface area contributed by atoms with Crippen LogP contribution in [0.4, 0.5) is 4.39 Å². The molecule has 0 saturated heterocycles. The number of rotatable bonds is 5. The molecule has 4 nitrogen and oxygen atoms in total. The molecule has 0 bridgehead atoms. The van der Waals surface area contributed by atoms with E-state index in [4.69, 9.17) is 32.9 Å². The number of imidazole rings is 1. The van der Waals surface area contributed by atoms with Gasteiger partial charge in [-0.25, -0.2) is 14.2 Å². The van der Waals surface area contributed by atoms with Gasteiger partial charge in [0.1, 0.15) is 11.6 Å². The minimum Gasteiger partial charge on any atom is -0.461 e. The molecule has 168 valence electrons. The van der Waals surface area contributed by atoms with Crippen molar-refractivity contribution >= 4 is 29.2 Å². The maximum absolute atomic E-state index is 14.0. The first-order valence-corrected chi connectivity index (χ1v) is 11.7. The fourth-order valence-electron chi connectivity index (χ4n) is 4.39. The minimum absolute atomic E-state index is 0.0212. The molecule has 3 aromatic rings. The second-order valence-electron chi connectivity index (χ2n) is 8.12. The summed E-state index contributed by atoms with van der Waals surface area (Å²) in [7, 11) is 0. The second-order valence-corrected chi connectivity index (χ2v) is 8.96.